The van der Waals surface area contributed by atoms with Gasteiger partial charge in [-0.1, -0.05) is 13.8 Å². The van der Waals surface area contributed by atoms with Crippen LogP contribution >= 0.6 is 11.6 Å². The number of nitrogens with zero attached hydrogens (tertiary/aromatic N) is 1. The lowest BCUT2D eigenvalue weighted by molar-refractivity contribution is -0.143. The van der Waals surface area contributed by atoms with Gasteiger partial charge in [-0.2, -0.15) is 0 Å². The fraction of sp³-hybridized carbons (Fsp3) is 0.714. The first-order valence-corrected chi connectivity index (χ1v) is 3.90. The molecule has 0 aromatic carbocycles. The summed E-state index contributed by atoms with van der Waals surface area (Å²) in [6, 6.07) is -0.852. The predicted molar refractivity (Wildman–Crippen MR) is 45.3 cm³/mol. The second kappa shape index (κ2) is 4.30. The van der Waals surface area contributed by atoms with Gasteiger partial charge >= 0.3 is 11.3 Å². The van der Waals surface area contributed by atoms with Crippen LogP contribution in [-0.4, -0.2) is 34.4 Å². The number of likely N-dealkylation sites (N-methyl/N-ethyl adjacent to an activating group) is 1. The molecule has 5 heteroatoms. The van der Waals surface area contributed by atoms with Gasteiger partial charge in [0.25, 0.3) is 0 Å². The summed E-state index contributed by atoms with van der Waals surface area (Å²) in [5.41, 5.74) is 0. The number of amides is 1. The van der Waals surface area contributed by atoms with E-state index >= 15 is 0 Å². The van der Waals surface area contributed by atoms with Crippen molar-refractivity contribution in [1.82, 2.24) is 4.90 Å². The van der Waals surface area contributed by atoms with Crippen molar-refractivity contribution in [2.24, 2.45) is 5.92 Å². The van der Waals surface area contributed by atoms with E-state index in [1.165, 1.54) is 7.05 Å². The third-order valence-electron chi connectivity index (χ3n) is 1.58. The summed E-state index contributed by atoms with van der Waals surface area (Å²) in [6.07, 6.45) is 0. The highest BCUT2D eigenvalue weighted by Crippen LogP contribution is 2.11. The molecule has 70 valence electrons. The summed E-state index contributed by atoms with van der Waals surface area (Å²) in [7, 11) is 1.37. The second-order valence-electron chi connectivity index (χ2n) is 2.89. The maximum atomic E-state index is 10.6. The van der Waals surface area contributed by atoms with Gasteiger partial charge in [0.05, 0.1) is 0 Å². The molecule has 1 N–H and O–H groups in total. The lowest BCUT2D eigenvalue weighted by Crippen LogP contribution is -2.43. The average molecular weight is 194 g/mol. The Morgan fingerprint density at radius 3 is 1.92 bits per heavy atom. The van der Waals surface area contributed by atoms with Crippen LogP contribution in [0.25, 0.3) is 0 Å². The molecule has 0 radical (unpaired) electrons. The number of rotatable bonds is 3. The second-order valence-corrected chi connectivity index (χ2v) is 3.21. The van der Waals surface area contributed by atoms with E-state index in [2.05, 4.69) is 0 Å². The molecule has 1 atom stereocenters. The van der Waals surface area contributed by atoms with Crippen LogP contribution in [-0.2, 0) is 4.79 Å². The molecule has 0 aromatic heterocycles. The van der Waals surface area contributed by atoms with Crippen molar-refractivity contribution in [1.29, 1.82) is 0 Å². The van der Waals surface area contributed by atoms with Crippen LogP contribution in [0.1, 0.15) is 13.8 Å². The molecule has 4 nitrogen and oxygen atoms in total. The van der Waals surface area contributed by atoms with Gasteiger partial charge < -0.3 is 10.0 Å². The van der Waals surface area contributed by atoms with Gasteiger partial charge in [0.1, 0.15) is 6.04 Å². The molecule has 0 aliphatic heterocycles. The largest absolute Gasteiger partial charge is 0.480 e. The van der Waals surface area contributed by atoms with Gasteiger partial charge in [0.15, 0.2) is 0 Å². The van der Waals surface area contributed by atoms with Gasteiger partial charge in [0.2, 0.25) is 0 Å². The Hall–Kier alpha value is -0.770. The minimum absolute atomic E-state index is 0.157. The fourth-order valence-corrected chi connectivity index (χ4v) is 1.11. The van der Waals surface area contributed by atoms with E-state index in [0.717, 1.165) is 4.90 Å². The van der Waals surface area contributed by atoms with Crippen LogP contribution in [0.2, 0.25) is 0 Å². The van der Waals surface area contributed by atoms with Gasteiger partial charge in [0, 0.05) is 7.05 Å². The molecule has 0 unspecified atom stereocenters. The first kappa shape index (κ1) is 11.2. The van der Waals surface area contributed by atoms with Gasteiger partial charge in [-0.05, 0) is 17.5 Å². The van der Waals surface area contributed by atoms with Crippen molar-refractivity contribution in [2.75, 3.05) is 7.05 Å². The van der Waals surface area contributed by atoms with Gasteiger partial charge in [-0.3, -0.25) is 4.79 Å². The average Bonchev–Trinajstić information content (AvgIpc) is 1.85. The summed E-state index contributed by atoms with van der Waals surface area (Å²) in [5.74, 6) is -1.20. The first-order chi connectivity index (χ1) is 5.37. The Morgan fingerprint density at radius 1 is 1.42 bits per heavy atom. The van der Waals surface area contributed by atoms with Crippen LogP contribution in [0.15, 0.2) is 0 Å². The van der Waals surface area contributed by atoms with Crippen molar-refractivity contribution in [2.45, 2.75) is 19.9 Å². The molecule has 0 saturated carbocycles. The van der Waals surface area contributed by atoms with E-state index in [4.69, 9.17) is 16.7 Å². The summed E-state index contributed by atoms with van der Waals surface area (Å²) in [4.78, 5) is 22.3. The molecule has 0 heterocycles. The summed E-state index contributed by atoms with van der Waals surface area (Å²) in [6.45, 7) is 3.43. The molecule has 0 spiro atoms. The Morgan fingerprint density at radius 2 is 1.83 bits per heavy atom. The lowest BCUT2D eigenvalue weighted by atomic mass is 10.0. The quantitative estimate of drug-likeness (QED) is 0.544. The SMILES string of the molecule is CC(C)[C@@H](C(=O)O)N(C)C(=O)Cl. The smallest absolute Gasteiger partial charge is 0.326 e. The fourth-order valence-electron chi connectivity index (χ4n) is 1.01. The zero-order valence-corrected chi connectivity index (χ0v) is 8.00. The number of carbonyl (C=O) groups excluding carboxylic acids is 1. The highest BCUT2D eigenvalue weighted by Gasteiger charge is 2.28. The number of hydrogen-bond acceptors (Lipinski definition) is 2. The predicted octanol–water partition coefficient (Wildman–Crippen LogP) is 1.39. The molecule has 0 aliphatic carbocycles. The third-order valence-corrected chi connectivity index (χ3v) is 1.85. The van der Waals surface area contributed by atoms with Crippen LogP contribution in [0, 0.1) is 5.92 Å². The van der Waals surface area contributed by atoms with Crippen molar-refractivity contribution >= 4 is 22.9 Å². The third kappa shape index (κ3) is 2.70. The van der Waals surface area contributed by atoms with Crippen molar-refractivity contribution < 1.29 is 14.7 Å². The van der Waals surface area contributed by atoms with Gasteiger partial charge in [-0.15, -0.1) is 0 Å². The molecule has 0 saturated heterocycles. The summed E-state index contributed by atoms with van der Waals surface area (Å²) >= 11 is 5.13. The molecule has 12 heavy (non-hydrogen) atoms. The number of aliphatic carboxylic acids is 1. The normalized spacial score (nSPS) is 12.8. The number of carboxylic acids is 1. The molecule has 1 amide bonds. The van der Waals surface area contributed by atoms with Crippen molar-refractivity contribution in [3.63, 3.8) is 0 Å². The highest BCUT2D eigenvalue weighted by atomic mass is 35.5. The Bertz CT molecular complexity index is 193. The highest BCUT2D eigenvalue weighted by molar-refractivity contribution is 6.62. The van der Waals surface area contributed by atoms with Crippen molar-refractivity contribution in [3.8, 4) is 0 Å². The monoisotopic (exact) mass is 193 g/mol. The van der Waals surface area contributed by atoms with Gasteiger partial charge in [-0.25, -0.2) is 4.79 Å². The van der Waals surface area contributed by atoms with E-state index < -0.39 is 17.4 Å². The molecule has 0 aliphatic rings. The summed E-state index contributed by atoms with van der Waals surface area (Å²) < 4.78 is 0. The lowest BCUT2D eigenvalue weighted by Gasteiger charge is -2.25. The molecule has 0 rings (SSSR count). The van der Waals surface area contributed by atoms with E-state index in [1.807, 2.05) is 0 Å². The standard InChI is InChI=1S/C7H12ClNO3/c1-4(2)5(6(10)11)9(3)7(8)12/h4-5H,1-3H3,(H,10,11)/t5-/m0/s1. The van der Waals surface area contributed by atoms with Crippen LogP contribution < -0.4 is 0 Å². The zero-order chi connectivity index (χ0) is 9.89. The number of carboxylic acid groups (broad SMARTS) is 1. The van der Waals surface area contributed by atoms with E-state index in [0.29, 0.717) is 0 Å². The molecule has 0 fully saturated rings. The molecular formula is C7H12ClNO3. The number of hydrogen-bond donors (Lipinski definition) is 1. The molecule has 0 aromatic rings. The first-order valence-electron chi connectivity index (χ1n) is 3.53. The van der Waals surface area contributed by atoms with E-state index in [-0.39, 0.29) is 5.92 Å². The Labute approximate surface area is 76.1 Å². The maximum absolute atomic E-state index is 10.6. The maximum Gasteiger partial charge on any atom is 0.326 e. The Kier molecular flexibility index (Phi) is 4.03. The van der Waals surface area contributed by atoms with Crippen LogP contribution in [0.3, 0.4) is 0 Å². The number of halogens is 1. The van der Waals surface area contributed by atoms with Crippen molar-refractivity contribution in [3.05, 3.63) is 0 Å². The van der Waals surface area contributed by atoms with E-state index in [9.17, 15) is 9.59 Å². The minimum atomic E-state index is -1.04. The van der Waals surface area contributed by atoms with E-state index in [1.54, 1.807) is 13.8 Å². The Balaban J connectivity index is 4.51. The topological polar surface area (TPSA) is 57.6 Å². The van der Waals surface area contributed by atoms with Crippen LogP contribution in [0.4, 0.5) is 4.79 Å². The molecular weight excluding hydrogens is 182 g/mol. The zero-order valence-electron chi connectivity index (χ0n) is 7.24. The summed E-state index contributed by atoms with van der Waals surface area (Å²) in [5, 5.41) is 7.96. The minimum Gasteiger partial charge on any atom is -0.480 e. The van der Waals surface area contributed by atoms with Crippen LogP contribution in [0.5, 0.6) is 0 Å². The number of carbonyl (C=O) groups is 2. The molecule has 0 bridgehead atoms.